The van der Waals surface area contributed by atoms with Crippen molar-refractivity contribution < 1.29 is 19.0 Å². The number of halogens is 1. The third kappa shape index (κ3) is 4.94. The first kappa shape index (κ1) is 17.2. The number of esters is 1. The molecule has 0 saturated heterocycles. The number of carbonyl (C=O) groups excluding carboxylic acids is 1. The quantitative estimate of drug-likeness (QED) is 0.710. The summed E-state index contributed by atoms with van der Waals surface area (Å²) >= 11 is 6.86. The minimum absolute atomic E-state index is 0.0328. The van der Waals surface area contributed by atoms with Crippen molar-refractivity contribution in [3.63, 3.8) is 0 Å². The minimum atomic E-state index is -0.534. The largest absolute Gasteiger partial charge is 0.493 e. The number of rotatable bonds is 7. The predicted molar refractivity (Wildman–Crippen MR) is 87.9 cm³/mol. The minimum Gasteiger partial charge on any atom is -0.493 e. The standard InChI is InChI=1S/C15H15ClN2O4S/c1-3-4-10-5-6-12(13(7-10)20-2)21-9-14(19)22-8-11-15(16)23-18-17-11/h3-7H,8-9H2,1-2H3. The van der Waals surface area contributed by atoms with E-state index in [2.05, 4.69) is 9.59 Å². The van der Waals surface area contributed by atoms with Crippen molar-refractivity contribution in [1.29, 1.82) is 0 Å². The number of allylic oxidation sites excluding steroid dienone is 1. The molecule has 0 unspecified atom stereocenters. The number of aromatic nitrogens is 2. The molecule has 0 aliphatic heterocycles. The van der Waals surface area contributed by atoms with E-state index in [4.69, 9.17) is 25.8 Å². The number of carbonyl (C=O) groups is 1. The number of methoxy groups -OCH3 is 1. The zero-order valence-electron chi connectivity index (χ0n) is 12.6. The van der Waals surface area contributed by atoms with Crippen LogP contribution in [0.5, 0.6) is 11.5 Å². The highest BCUT2D eigenvalue weighted by atomic mass is 35.5. The van der Waals surface area contributed by atoms with Crippen molar-refractivity contribution >= 4 is 35.2 Å². The lowest BCUT2D eigenvalue weighted by atomic mass is 10.2. The van der Waals surface area contributed by atoms with Crippen molar-refractivity contribution in [2.45, 2.75) is 13.5 Å². The van der Waals surface area contributed by atoms with E-state index in [9.17, 15) is 4.79 Å². The van der Waals surface area contributed by atoms with Gasteiger partial charge < -0.3 is 14.2 Å². The molecule has 1 aromatic heterocycles. The Morgan fingerprint density at radius 1 is 1.39 bits per heavy atom. The van der Waals surface area contributed by atoms with E-state index >= 15 is 0 Å². The first-order chi connectivity index (χ1) is 11.1. The molecule has 122 valence electrons. The Balaban J connectivity index is 1.89. The number of benzene rings is 1. The molecule has 6 nitrogen and oxygen atoms in total. The molecule has 0 saturated carbocycles. The van der Waals surface area contributed by atoms with E-state index in [1.807, 2.05) is 31.2 Å². The predicted octanol–water partition coefficient (Wildman–Crippen LogP) is 3.36. The number of hydrogen-bond donors (Lipinski definition) is 0. The monoisotopic (exact) mass is 354 g/mol. The van der Waals surface area contributed by atoms with Crippen LogP contribution in [0.1, 0.15) is 18.2 Å². The third-order valence-electron chi connectivity index (χ3n) is 2.77. The molecule has 0 radical (unpaired) electrons. The van der Waals surface area contributed by atoms with Crippen LogP contribution in [-0.4, -0.2) is 29.3 Å². The topological polar surface area (TPSA) is 70.5 Å². The Hall–Kier alpha value is -2.12. The zero-order valence-corrected chi connectivity index (χ0v) is 14.2. The summed E-state index contributed by atoms with van der Waals surface area (Å²) in [5.41, 5.74) is 1.41. The second-order valence-electron chi connectivity index (χ2n) is 4.35. The molecular formula is C15H15ClN2O4S. The van der Waals surface area contributed by atoms with Crippen LogP contribution < -0.4 is 9.47 Å². The lowest BCUT2D eigenvalue weighted by Crippen LogP contribution is -2.15. The highest BCUT2D eigenvalue weighted by Gasteiger charge is 2.12. The molecule has 0 aliphatic carbocycles. The molecule has 2 aromatic rings. The summed E-state index contributed by atoms with van der Waals surface area (Å²) < 4.78 is 19.8. The molecule has 0 amide bonds. The van der Waals surface area contributed by atoms with Gasteiger partial charge in [-0.3, -0.25) is 0 Å². The summed E-state index contributed by atoms with van der Waals surface area (Å²) in [5.74, 6) is 0.472. The maximum atomic E-state index is 11.7. The van der Waals surface area contributed by atoms with Crippen LogP contribution in [0.15, 0.2) is 24.3 Å². The maximum Gasteiger partial charge on any atom is 0.344 e. The average Bonchev–Trinajstić information content (AvgIpc) is 2.97. The maximum absolute atomic E-state index is 11.7. The van der Waals surface area contributed by atoms with Gasteiger partial charge in [0.25, 0.3) is 0 Å². The highest BCUT2D eigenvalue weighted by molar-refractivity contribution is 7.10. The Labute approximate surface area is 142 Å². The zero-order chi connectivity index (χ0) is 16.7. The first-order valence-electron chi connectivity index (χ1n) is 6.70. The van der Waals surface area contributed by atoms with E-state index < -0.39 is 5.97 Å². The van der Waals surface area contributed by atoms with Gasteiger partial charge in [0.15, 0.2) is 18.1 Å². The summed E-state index contributed by atoms with van der Waals surface area (Å²) in [6, 6.07) is 5.42. The van der Waals surface area contributed by atoms with Gasteiger partial charge in [0, 0.05) is 11.5 Å². The SMILES string of the molecule is CC=Cc1ccc(OCC(=O)OCc2nnsc2Cl)c(OC)c1. The molecule has 0 fully saturated rings. The van der Waals surface area contributed by atoms with Crippen LogP contribution in [-0.2, 0) is 16.1 Å². The summed E-state index contributed by atoms with van der Waals surface area (Å²) in [6.45, 7) is 1.65. The van der Waals surface area contributed by atoms with E-state index in [0.717, 1.165) is 17.1 Å². The summed E-state index contributed by atoms with van der Waals surface area (Å²) in [7, 11) is 1.54. The lowest BCUT2D eigenvalue weighted by Gasteiger charge is -2.11. The fraction of sp³-hybridized carbons (Fsp3) is 0.267. The normalized spacial score (nSPS) is 10.7. The van der Waals surface area contributed by atoms with Gasteiger partial charge in [0.2, 0.25) is 0 Å². The molecule has 0 bridgehead atoms. The van der Waals surface area contributed by atoms with E-state index in [1.54, 1.807) is 6.07 Å². The number of hydrogen-bond acceptors (Lipinski definition) is 7. The van der Waals surface area contributed by atoms with Crippen LogP contribution in [0, 0.1) is 0 Å². The first-order valence-corrected chi connectivity index (χ1v) is 7.85. The number of ether oxygens (including phenoxy) is 3. The van der Waals surface area contributed by atoms with Crippen molar-refractivity contribution in [3.05, 3.63) is 39.9 Å². The van der Waals surface area contributed by atoms with Gasteiger partial charge in [0.1, 0.15) is 16.6 Å². The molecule has 0 N–H and O–H groups in total. The van der Waals surface area contributed by atoms with Gasteiger partial charge in [-0.15, -0.1) is 5.10 Å². The molecule has 2 rings (SSSR count). The molecule has 23 heavy (non-hydrogen) atoms. The smallest absolute Gasteiger partial charge is 0.344 e. The van der Waals surface area contributed by atoms with Crippen LogP contribution >= 0.6 is 23.1 Å². The van der Waals surface area contributed by atoms with Crippen LogP contribution in [0.2, 0.25) is 4.34 Å². The van der Waals surface area contributed by atoms with Crippen molar-refractivity contribution in [2.75, 3.05) is 13.7 Å². The highest BCUT2D eigenvalue weighted by Crippen LogP contribution is 2.28. The fourth-order valence-electron chi connectivity index (χ4n) is 1.71. The molecular weight excluding hydrogens is 340 g/mol. The lowest BCUT2D eigenvalue weighted by molar-refractivity contribution is -0.147. The van der Waals surface area contributed by atoms with Gasteiger partial charge in [-0.05, 0) is 24.6 Å². The molecule has 0 aliphatic rings. The summed E-state index contributed by atoms with van der Waals surface area (Å²) in [6.07, 6.45) is 3.86. The van der Waals surface area contributed by atoms with E-state index in [-0.39, 0.29) is 13.2 Å². The summed E-state index contributed by atoms with van der Waals surface area (Å²) in [4.78, 5) is 11.7. The second-order valence-corrected chi connectivity index (χ2v) is 5.71. The third-order valence-corrected chi connectivity index (χ3v) is 3.76. The Bertz CT molecular complexity index is 703. The molecule has 0 spiro atoms. The van der Waals surface area contributed by atoms with Gasteiger partial charge in [0.05, 0.1) is 7.11 Å². The Morgan fingerprint density at radius 2 is 2.22 bits per heavy atom. The van der Waals surface area contributed by atoms with Gasteiger partial charge in [-0.1, -0.05) is 34.3 Å². The fourth-order valence-corrected chi connectivity index (χ4v) is 2.31. The van der Waals surface area contributed by atoms with Gasteiger partial charge in [-0.2, -0.15) is 0 Å². The second kappa shape index (κ2) is 8.50. The Morgan fingerprint density at radius 3 is 2.87 bits per heavy atom. The van der Waals surface area contributed by atoms with Crippen LogP contribution in [0.3, 0.4) is 0 Å². The molecule has 1 heterocycles. The van der Waals surface area contributed by atoms with Crippen molar-refractivity contribution in [2.24, 2.45) is 0 Å². The van der Waals surface area contributed by atoms with Crippen molar-refractivity contribution in [1.82, 2.24) is 9.59 Å². The van der Waals surface area contributed by atoms with Gasteiger partial charge >= 0.3 is 5.97 Å². The van der Waals surface area contributed by atoms with Crippen molar-refractivity contribution in [3.8, 4) is 11.5 Å². The molecule has 0 atom stereocenters. The molecule has 8 heteroatoms. The summed E-state index contributed by atoms with van der Waals surface area (Å²) in [5, 5.41) is 3.75. The van der Waals surface area contributed by atoms with E-state index in [1.165, 1.54) is 7.11 Å². The van der Waals surface area contributed by atoms with Crippen LogP contribution in [0.4, 0.5) is 0 Å². The number of nitrogens with zero attached hydrogens (tertiary/aromatic N) is 2. The Kier molecular flexibility index (Phi) is 6.37. The van der Waals surface area contributed by atoms with E-state index in [0.29, 0.717) is 21.5 Å². The van der Waals surface area contributed by atoms with Gasteiger partial charge in [-0.25, -0.2) is 4.79 Å². The van der Waals surface area contributed by atoms with Crippen LogP contribution in [0.25, 0.3) is 6.08 Å². The average molecular weight is 355 g/mol. The molecule has 1 aromatic carbocycles.